The first-order chi connectivity index (χ1) is 5.29. The molecule has 0 bridgehead atoms. The molecule has 3 heteroatoms. The molecule has 0 aromatic rings. The highest BCUT2D eigenvalue weighted by molar-refractivity contribution is 5.10. The molecule has 0 spiro atoms. The maximum Gasteiger partial charge on any atom is 0.136 e. The highest BCUT2D eigenvalue weighted by Gasteiger charge is 2.61. The Morgan fingerprint density at radius 3 is 2.82 bits per heavy atom. The minimum atomic E-state index is -0.620. The number of nitrogens with zero attached hydrogens (tertiary/aromatic N) is 1. The highest BCUT2D eigenvalue weighted by Crippen LogP contribution is 2.46. The molecule has 0 aliphatic carbocycles. The molecule has 2 saturated heterocycles. The summed E-state index contributed by atoms with van der Waals surface area (Å²) in [5.41, 5.74) is -0.620. The van der Waals surface area contributed by atoms with Gasteiger partial charge in [-0.2, -0.15) is 0 Å². The molecule has 2 aliphatic heterocycles. The molecule has 2 N–H and O–H groups in total. The van der Waals surface area contributed by atoms with E-state index in [1.165, 1.54) is 12.8 Å². The molecule has 0 amide bonds. The maximum absolute atomic E-state index is 9.85. The summed E-state index contributed by atoms with van der Waals surface area (Å²) in [7, 11) is 0. The van der Waals surface area contributed by atoms with Crippen LogP contribution >= 0.6 is 0 Å². The lowest BCUT2D eigenvalue weighted by atomic mass is 10.1. The Labute approximate surface area is 66.6 Å². The van der Waals surface area contributed by atoms with Crippen molar-refractivity contribution in [1.29, 1.82) is 0 Å². The molecule has 2 aliphatic rings. The molecule has 0 aromatic heterocycles. The van der Waals surface area contributed by atoms with Crippen LogP contribution in [0.4, 0.5) is 0 Å². The van der Waals surface area contributed by atoms with Gasteiger partial charge in [0, 0.05) is 19.6 Å². The third kappa shape index (κ3) is 0.991. The number of aliphatic hydroxyl groups is 2. The second kappa shape index (κ2) is 2.44. The van der Waals surface area contributed by atoms with Gasteiger partial charge in [0.05, 0.1) is 6.04 Å². The predicted octanol–water partition coefficient (Wildman–Crippen LogP) is -0.0745. The van der Waals surface area contributed by atoms with Crippen LogP contribution in [0.1, 0.15) is 25.7 Å². The van der Waals surface area contributed by atoms with Gasteiger partial charge in [-0.1, -0.05) is 6.42 Å². The van der Waals surface area contributed by atoms with Gasteiger partial charge in [-0.05, 0) is 12.8 Å². The molecule has 3 nitrogen and oxygen atoms in total. The second-order valence-corrected chi connectivity index (χ2v) is 3.56. The van der Waals surface area contributed by atoms with Crippen molar-refractivity contribution >= 4 is 0 Å². The lowest BCUT2D eigenvalue weighted by Crippen LogP contribution is -2.19. The largest absolute Gasteiger partial charge is 0.396 e. The topological polar surface area (TPSA) is 43.5 Å². The summed E-state index contributed by atoms with van der Waals surface area (Å²) in [5.74, 6) is 0. The molecule has 2 heterocycles. The molecular weight excluding hydrogens is 142 g/mol. The first-order valence-electron chi connectivity index (χ1n) is 4.39. The van der Waals surface area contributed by atoms with Crippen molar-refractivity contribution in [3.8, 4) is 0 Å². The zero-order valence-electron chi connectivity index (χ0n) is 6.66. The smallest absolute Gasteiger partial charge is 0.136 e. The Kier molecular flexibility index (Phi) is 1.67. The number of hydrogen-bond acceptors (Lipinski definition) is 3. The molecule has 0 saturated carbocycles. The van der Waals surface area contributed by atoms with Crippen molar-refractivity contribution in [1.82, 2.24) is 4.90 Å². The minimum absolute atomic E-state index is 0.101. The van der Waals surface area contributed by atoms with Crippen LogP contribution < -0.4 is 0 Å². The van der Waals surface area contributed by atoms with E-state index < -0.39 is 5.72 Å². The number of aliphatic hydroxyl groups excluding tert-OH is 1. The molecule has 0 radical (unpaired) electrons. The number of piperidine rings is 1. The lowest BCUT2D eigenvalue weighted by molar-refractivity contribution is 0.0589. The Balaban J connectivity index is 1.97. The van der Waals surface area contributed by atoms with Crippen molar-refractivity contribution in [2.45, 2.75) is 37.5 Å². The third-order valence-corrected chi connectivity index (χ3v) is 2.95. The minimum Gasteiger partial charge on any atom is -0.396 e. The maximum atomic E-state index is 9.85. The van der Waals surface area contributed by atoms with Crippen molar-refractivity contribution in [2.75, 3.05) is 13.2 Å². The second-order valence-electron chi connectivity index (χ2n) is 3.56. The van der Waals surface area contributed by atoms with Gasteiger partial charge in [0.1, 0.15) is 5.72 Å². The van der Waals surface area contributed by atoms with Gasteiger partial charge >= 0.3 is 0 Å². The summed E-state index contributed by atoms with van der Waals surface area (Å²) < 4.78 is 0. The van der Waals surface area contributed by atoms with Crippen LogP contribution in [0.5, 0.6) is 0 Å². The van der Waals surface area contributed by atoms with Crippen molar-refractivity contribution in [3.05, 3.63) is 0 Å². The van der Waals surface area contributed by atoms with E-state index in [2.05, 4.69) is 4.90 Å². The number of hydrogen-bond donors (Lipinski definition) is 2. The first kappa shape index (κ1) is 7.53. The summed E-state index contributed by atoms with van der Waals surface area (Å²) in [6.45, 7) is 1.12. The van der Waals surface area contributed by atoms with Crippen molar-refractivity contribution < 1.29 is 10.2 Å². The SMILES string of the molecule is OCC[C@]1(O)[C@H]2CCCCN21. The fraction of sp³-hybridized carbons (Fsp3) is 1.00. The van der Waals surface area contributed by atoms with Gasteiger partial charge in [0.25, 0.3) is 0 Å². The molecule has 3 atom stereocenters. The molecule has 2 fully saturated rings. The predicted molar refractivity (Wildman–Crippen MR) is 41.0 cm³/mol. The average molecular weight is 157 g/mol. The van der Waals surface area contributed by atoms with E-state index in [-0.39, 0.29) is 6.61 Å². The Morgan fingerprint density at radius 1 is 1.45 bits per heavy atom. The normalized spacial score (nSPS) is 48.5. The van der Waals surface area contributed by atoms with Crippen LogP contribution in [0.15, 0.2) is 0 Å². The molecule has 11 heavy (non-hydrogen) atoms. The van der Waals surface area contributed by atoms with Gasteiger partial charge in [0.2, 0.25) is 0 Å². The summed E-state index contributed by atoms with van der Waals surface area (Å²) in [4.78, 5) is 2.10. The fourth-order valence-electron chi connectivity index (χ4n) is 2.27. The summed E-state index contributed by atoms with van der Waals surface area (Å²) in [5, 5.41) is 18.6. The van der Waals surface area contributed by atoms with Gasteiger partial charge in [-0.15, -0.1) is 0 Å². The van der Waals surface area contributed by atoms with Crippen LogP contribution in [0.25, 0.3) is 0 Å². The first-order valence-corrected chi connectivity index (χ1v) is 4.39. The van der Waals surface area contributed by atoms with Crippen LogP contribution in [0.2, 0.25) is 0 Å². The van der Waals surface area contributed by atoms with Crippen LogP contribution in [0, 0.1) is 0 Å². The van der Waals surface area contributed by atoms with E-state index in [4.69, 9.17) is 5.11 Å². The Hall–Kier alpha value is -0.120. The van der Waals surface area contributed by atoms with Gasteiger partial charge < -0.3 is 10.2 Å². The Morgan fingerprint density at radius 2 is 2.27 bits per heavy atom. The van der Waals surface area contributed by atoms with E-state index in [0.717, 1.165) is 13.0 Å². The average Bonchev–Trinajstić information content (AvgIpc) is 2.60. The number of fused-ring (bicyclic) bond motifs is 1. The van der Waals surface area contributed by atoms with Crippen LogP contribution in [-0.2, 0) is 0 Å². The van der Waals surface area contributed by atoms with E-state index >= 15 is 0 Å². The fourth-order valence-corrected chi connectivity index (χ4v) is 2.27. The monoisotopic (exact) mass is 157 g/mol. The molecule has 0 aromatic carbocycles. The van der Waals surface area contributed by atoms with Gasteiger partial charge in [-0.25, -0.2) is 0 Å². The van der Waals surface area contributed by atoms with E-state index in [1.54, 1.807) is 0 Å². The van der Waals surface area contributed by atoms with Gasteiger partial charge in [-0.3, -0.25) is 4.90 Å². The molecular formula is C8H15NO2. The van der Waals surface area contributed by atoms with E-state index in [0.29, 0.717) is 12.5 Å². The quantitative estimate of drug-likeness (QED) is 0.551. The molecule has 64 valence electrons. The number of rotatable bonds is 2. The van der Waals surface area contributed by atoms with Gasteiger partial charge in [0.15, 0.2) is 0 Å². The standard InChI is InChI=1S/C8H15NO2/c10-6-4-8(11)7-3-1-2-5-9(7)8/h7,10-11H,1-6H2/t7-,8+,9?/m1/s1. The van der Waals surface area contributed by atoms with E-state index in [1.807, 2.05) is 0 Å². The zero-order valence-corrected chi connectivity index (χ0v) is 6.66. The third-order valence-electron chi connectivity index (χ3n) is 2.95. The highest BCUT2D eigenvalue weighted by atomic mass is 16.3. The summed E-state index contributed by atoms with van der Waals surface area (Å²) in [6, 6.07) is 0.364. The molecule has 1 unspecified atom stereocenters. The van der Waals surface area contributed by atoms with Crippen molar-refractivity contribution in [3.63, 3.8) is 0 Å². The van der Waals surface area contributed by atoms with Crippen molar-refractivity contribution in [2.24, 2.45) is 0 Å². The summed E-state index contributed by atoms with van der Waals surface area (Å²) >= 11 is 0. The Bertz CT molecular complexity index is 148. The van der Waals surface area contributed by atoms with Crippen LogP contribution in [-0.4, -0.2) is 40.0 Å². The zero-order chi connectivity index (χ0) is 7.90. The summed E-state index contributed by atoms with van der Waals surface area (Å²) in [6.07, 6.45) is 4.06. The molecule has 2 rings (SSSR count). The lowest BCUT2D eigenvalue weighted by Gasteiger charge is -2.08. The van der Waals surface area contributed by atoms with E-state index in [9.17, 15) is 5.11 Å². The van der Waals surface area contributed by atoms with Crippen LogP contribution in [0.3, 0.4) is 0 Å².